The van der Waals surface area contributed by atoms with Crippen molar-refractivity contribution < 1.29 is 14.6 Å². The molecule has 0 spiro atoms. The van der Waals surface area contributed by atoms with Gasteiger partial charge in [0.2, 0.25) is 0 Å². The second-order valence-corrected chi connectivity index (χ2v) is 7.02. The fourth-order valence-electron chi connectivity index (χ4n) is 3.43. The zero-order chi connectivity index (χ0) is 19.9. The molecule has 2 aromatic rings. The van der Waals surface area contributed by atoms with Gasteiger partial charge in [0.1, 0.15) is 0 Å². The molecule has 1 heterocycles. The fraction of sp³-hybridized carbons (Fsp3) is 0.320. The Balaban J connectivity index is 1.96. The van der Waals surface area contributed by atoms with E-state index >= 15 is 0 Å². The van der Waals surface area contributed by atoms with E-state index in [0.717, 1.165) is 12.8 Å². The highest BCUT2D eigenvalue weighted by Crippen LogP contribution is 2.41. The Hall–Kier alpha value is -2.67. The highest BCUT2D eigenvalue weighted by atomic mass is 16.6. The second kappa shape index (κ2) is 9.01. The van der Waals surface area contributed by atoms with Gasteiger partial charge < -0.3 is 9.84 Å². The first-order valence-corrected chi connectivity index (χ1v) is 9.88. The zero-order valence-electron chi connectivity index (χ0n) is 16.2. The van der Waals surface area contributed by atoms with E-state index in [9.17, 15) is 9.90 Å². The van der Waals surface area contributed by atoms with Gasteiger partial charge in [0.25, 0.3) is 5.79 Å². The Kier molecular flexibility index (Phi) is 6.46. The molecule has 0 aliphatic carbocycles. The molecule has 28 heavy (non-hydrogen) atoms. The molecule has 0 aromatic heterocycles. The van der Waals surface area contributed by atoms with Crippen LogP contribution in [0.4, 0.5) is 0 Å². The highest BCUT2D eigenvalue weighted by Gasteiger charge is 2.50. The molecule has 144 valence electrons. The van der Waals surface area contributed by atoms with E-state index in [-0.39, 0.29) is 5.78 Å². The lowest BCUT2D eigenvalue weighted by molar-refractivity contribution is -0.200. The molecule has 0 amide bonds. The lowest BCUT2D eigenvalue weighted by Crippen LogP contribution is -2.49. The third-order valence-corrected chi connectivity index (χ3v) is 4.90. The predicted molar refractivity (Wildman–Crippen MR) is 110 cm³/mol. The minimum Gasteiger partial charge on any atom is -0.352 e. The number of aliphatic hydroxyl groups is 1. The Bertz CT molecular complexity index is 835. The number of ether oxygens (including phenoxy) is 1. The van der Waals surface area contributed by atoms with E-state index in [0.29, 0.717) is 17.5 Å². The van der Waals surface area contributed by atoms with Crippen LogP contribution in [0, 0.1) is 11.8 Å². The summed E-state index contributed by atoms with van der Waals surface area (Å²) < 4.78 is 6.12. The quantitative estimate of drug-likeness (QED) is 0.586. The van der Waals surface area contributed by atoms with E-state index in [4.69, 9.17) is 4.74 Å². The third kappa shape index (κ3) is 4.25. The minimum absolute atomic E-state index is 0.237. The van der Waals surface area contributed by atoms with Crippen molar-refractivity contribution in [3.05, 3.63) is 83.9 Å². The molecule has 0 saturated carbocycles. The molecule has 1 aliphatic heterocycles. The largest absolute Gasteiger partial charge is 0.352 e. The van der Waals surface area contributed by atoms with Gasteiger partial charge in [-0.25, -0.2) is 0 Å². The first-order valence-electron chi connectivity index (χ1n) is 9.88. The number of benzene rings is 2. The maximum Gasteiger partial charge on any atom is 0.253 e. The molecule has 0 fully saturated rings. The van der Waals surface area contributed by atoms with E-state index in [2.05, 4.69) is 18.8 Å². The average molecular weight is 374 g/mol. The Morgan fingerprint density at radius 1 is 0.929 bits per heavy atom. The number of rotatable bonds is 6. The molecule has 0 saturated heterocycles. The van der Waals surface area contributed by atoms with Crippen molar-refractivity contribution in [2.45, 2.75) is 50.4 Å². The van der Waals surface area contributed by atoms with Crippen LogP contribution in [0.25, 0.3) is 0 Å². The second-order valence-electron chi connectivity index (χ2n) is 7.02. The summed E-state index contributed by atoms with van der Waals surface area (Å²) >= 11 is 0. The molecular weight excluding hydrogens is 348 g/mol. The fourth-order valence-corrected chi connectivity index (χ4v) is 3.43. The summed E-state index contributed by atoms with van der Waals surface area (Å²) in [7, 11) is 0. The van der Waals surface area contributed by atoms with Crippen molar-refractivity contribution in [3.63, 3.8) is 0 Å². The van der Waals surface area contributed by atoms with Crippen molar-refractivity contribution in [1.29, 1.82) is 0 Å². The normalized spacial score (nSPS) is 20.4. The first kappa shape index (κ1) is 20.1. The van der Waals surface area contributed by atoms with Gasteiger partial charge in [0, 0.05) is 6.42 Å². The summed E-state index contributed by atoms with van der Waals surface area (Å²) in [6.07, 6.45) is 7.88. The number of carbonyl (C=O) groups is 1. The van der Waals surface area contributed by atoms with Gasteiger partial charge in [-0.15, -0.1) is 0 Å². The first-order chi connectivity index (χ1) is 13.6. The molecule has 1 unspecified atom stereocenters. The highest BCUT2D eigenvalue weighted by molar-refractivity contribution is 6.01. The SMILES string of the molecule is CCCCCCC#CC1(O)C=CC(=O)C(c2ccccc2)(c2ccccc2)O1. The molecule has 1 atom stereocenters. The van der Waals surface area contributed by atoms with Crippen LogP contribution in [0.5, 0.6) is 0 Å². The van der Waals surface area contributed by atoms with Gasteiger partial charge >= 0.3 is 0 Å². The van der Waals surface area contributed by atoms with Crippen LogP contribution < -0.4 is 0 Å². The molecule has 3 heteroatoms. The molecule has 0 radical (unpaired) electrons. The summed E-state index contributed by atoms with van der Waals surface area (Å²) in [6, 6.07) is 18.5. The third-order valence-electron chi connectivity index (χ3n) is 4.90. The van der Waals surface area contributed by atoms with Crippen molar-refractivity contribution >= 4 is 5.78 Å². The minimum atomic E-state index is -1.82. The predicted octanol–water partition coefficient (Wildman–Crippen LogP) is 4.75. The van der Waals surface area contributed by atoms with E-state index < -0.39 is 11.4 Å². The number of carbonyl (C=O) groups excluding carboxylic acids is 1. The van der Waals surface area contributed by atoms with Gasteiger partial charge in [0.05, 0.1) is 0 Å². The van der Waals surface area contributed by atoms with Crippen LogP contribution >= 0.6 is 0 Å². The van der Waals surface area contributed by atoms with Crippen LogP contribution in [0.15, 0.2) is 72.8 Å². The van der Waals surface area contributed by atoms with E-state index in [1.54, 1.807) is 0 Å². The number of hydrogen-bond donors (Lipinski definition) is 1. The Morgan fingerprint density at radius 3 is 2.11 bits per heavy atom. The summed E-state index contributed by atoms with van der Waals surface area (Å²) in [5, 5.41) is 11.0. The average Bonchev–Trinajstić information content (AvgIpc) is 2.74. The number of hydrogen-bond acceptors (Lipinski definition) is 3. The van der Waals surface area contributed by atoms with Crippen LogP contribution in [-0.2, 0) is 15.1 Å². The molecular formula is C25H26O3. The Morgan fingerprint density at radius 2 is 1.54 bits per heavy atom. The van der Waals surface area contributed by atoms with Crippen LogP contribution in [-0.4, -0.2) is 16.7 Å². The van der Waals surface area contributed by atoms with Crippen molar-refractivity contribution in [3.8, 4) is 11.8 Å². The van der Waals surface area contributed by atoms with Gasteiger partial charge in [-0.1, -0.05) is 92.8 Å². The number of unbranched alkanes of at least 4 members (excludes halogenated alkanes) is 4. The summed E-state index contributed by atoms with van der Waals surface area (Å²) in [5.74, 6) is 3.80. The van der Waals surface area contributed by atoms with E-state index in [1.807, 2.05) is 60.7 Å². The molecule has 1 N–H and O–H groups in total. The smallest absolute Gasteiger partial charge is 0.253 e. The maximum absolute atomic E-state index is 13.1. The molecule has 3 nitrogen and oxygen atoms in total. The summed E-state index contributed by atoms with van der Waals surface area (Å²) in [6.45, 7) is 2.17. The monoisotopic (exact) mass is 374 g/mol. The van der Waals surface area contributed by atoms with Crippen molar-refractivity contribution in [2.24, 2.45) is 0 Å². The topological polar surface area (TPSA) is 46.5 Å². The van der Waals surface area contributed by atoms with Gasteiger partial charge in [0.15, 0.2) is 11.4 Å². The van der Waals surface area contributed by atoms with Crippen molar-refractivity contribution in [2.75, 3.05) is 0 Å². The molecule has 3 rings (SSSR count). The van der Waals surface area contributed by atoms with Crippen LogP contribution in [0.2, 0.25) is 0 Å². The van der Waals surface area contributed by atoms with Crippen LogP contribution in [0.3, 0.4) is 0 Å². The standard InChI is InChI=1S/C25H26O3/c1-2-3-4-5-6-13-19-24(27)20-18-23(26)25(28-24,21-14-9-7-10-15-21)22-16-11-8-12-17-22/h7-12,14-18,20,27H,2-6H2,1H3. The van der Waals surface area contributed by atoms with E-state index in [1.165, 1.54) is 25.0 Å². The summed E-state index contributed by atoms with van der Waals surface area (Å²) in [4.78, 5) is 13.1. The summed E-state index contributed by atoms with van der Waals surface area (Å²) in [5.41, 5.74) is -0.0967. The van der Waals surface area contributed by atoms with Gasteiger partial charge in [-0.3, -0.25) is 4.79 Å². The molecule has 0 bridgehead atoms. The van der Waals surface area contributed by atoms with Crippen LogP contribution in [0.1, 0.15) is 50.2 Å². The van der Waals surface area contributed by atoms with Gasteiger partial charge in [-0.2, -0.15) is 0 Å². The van der Waals surface area contributed by atoms with Crippen molar-refractivity contribution in [1.82, 2.24) is 0 Å². The van der Waals surface area contributed by atoms with Gasteiger partial charge in [-0.05, 0) is 35.6 Å². The molecule has 2 aromatic carbocycles. The molecule has 1 aliphatic rings. The lowest BCUT2D eigenvalue weighted by atomic mass is 9.80. The zero-order valence-corrected chi connectivity index (χ0v) is 16.2. The maximum atomic E-state index is 13.1. The number of ketones is 1. The lowest BCUT2D eigenvalue weighted by Gasteiger charge is -2.39. The Labute approximate surface area is 167 Å².